The van der Waals surface area contributed by atoms with Gasteiger partial charge in [0.15, 0.2) is 0 Å². The van der Waals surface area contributed by atoms with Gasteiger partial charge >= 0.3 is 6.09 Å². The Kier molecular flexibility index (Phi) is 9.28. The predicted octanol–water partition coefficient (Wildman–Crippen LogP) is 5.51. The van der Waals surface area contributed by atoms with E-state index in [1.165, 1.54) is 0 Å². The number of aromatic nitrogens is 1. The highest BCUT2D eigenvalue weighted by Crippen LogP contribution is 2.32. The molecule has 1 N–H and O–H groups in total. The molecule has 6 heteroatoms. The fourth-order valence-electron chi connectivity index (χ4n) is 2.43. The SMILES string of the molecule is C#C.C(#Cc1cccnc1)c1ccccc1.O=C1NC[C@H](c2cccc(Cl)c2Cl)O1. The molecule has 4 rings (SSSR count). The number of rotatable bonds is 1. The van der Waals surface area contributed by atoms with Gasteiger partial charge in [0.2, 0.25) is 0 Å². The molecule has 1 saturated heterocycles. The number of pyridine rings is 1. The lowest BCUT2D eigenvalue weighted by Gasteiger charge is -2.10. The highest BCUT2D eigenvalue weighted by atomic mass is 35.5. The lowest BCUT2D eigenvalue weighted by molar-refractivity contribution is 0.141. The van der Waals surface area contributed by atoms with E-state index in [0.717, 1.165) is 16.7 Å². The molecule has 1 aliphatic rings. The maximum Gasteiger partial charge on any atom is 0.407 e. The van der Waals surface area contributed by atoms with Gasteiger partial charge < -0.3 is 10.1 Å². The van der Waals surface area contributed by atoms with Crippen LogP contribution in [0, 0.1) is 24.7 Å². The number of terminal acetylenes is 1. The highest BCUT2D eigenvalue weighted by Gasteiger charge is 2.26. The van der Waals surface area contributed by atoms with Crippen LogP contribution < -0.4 is 5.32 Å². The summed E-state index contributed by atoms with van der Waals surface area (Å²) in [6.07, 6.45) is 10.7. The van der Waals surface area contributed by atoms with E-state index in [9.17, 15) is 4.79 Å². The summed E-state index contributed by atoms with van der Waals surface area (Å²) in [6, 6.07) is 19.0. The van der Waals surface area contributed by atoms with Gasteiger partial charge in [0.05, 0.1) is 16.6 Å². The molecule has 2 aromatic carbocycles. The summed E-state index contributed by atoms with van der Waals surface area (Å²) in [5.74, 6) is 6.12. The van der Waals surface area contributed by atoms with Crippen LogP contribution in [0.4, 0.5) is 4.79 Å². The van der Waals surface area contributed by atoms with Gasteiger partial charge in [0.1, 0.15) is 6.10 Å². The molecule has 1 aliphatic heterocycles. The molecule has 150 valence electrons. The van der Waals surface area contributed by atoms with Gasteiger partial charge in [-0.15, -0.1) is 12.8 Å². The fraction of sp³-hybridized carbons (Fsp3) is 0.0833. The van der Waals surface area contributed by atoms with Gasteiger partial charge in [-0.05, 0) is 30.3 Å². The zero-order chi connectivity index (χ0) is 21.8. The third-order valence-electron chi connectivity index (χ3n) is 3.80. The van der Waals surface area contributed by atoms with E-state index in [2.05, 4.69) is 35.0 Å². The molecule has 2 heterocycles. The zero-order valence-corrected chi connectivity index (χ0v) is 17.4. The minimum absolute atomic E-state index is 0.339. The monoisotopic (exact) mass is 436 g/mol. The van der Waals surface area contributed by atoms with Crippen LogP contribution in [0.25, 0.3) is 0 Å². The summed E-state index contributed by atoms with van der Waals surface area (Å²) in [5, 5.41) is 3.46. The Labute approximate surface area is 186 Å². The van der Waals surface area contributed by atoms with Crippen molar-refractivity contribution in [3.63, 3.8) is 0 Å². The third kappa shape index (κ3) is 6.87. The molecule has 1 aromatic heterocycles. The molecule has 1 atom stereocenters. The molecule has 0 saturated carbocycles. The summed E-state index contributed by atoms with van der Waals surface area (Å²) < 4.78 is 4.99. The average Bonchev–Trinajstić information content (AvgIpc) is 3.23. The number of amides is 1. The molecule has 1 amide bonds. The van der Waals surface area contributed by atoms with Crippen LogP contribution in [0.3, 0.4) is 0 Å². The van der Waals surface area contributed by atoms with Crippen LogP contribution in [0.5, 0.6) is 0 Å². The van der Waals surface area contributed by atoms with Gasteiger partial charge in [-0.2, -0.15) is 0 Å². The predicted molar refractivity (Wildman–Crippen MR) is 120 cm³/mol. The fourth-order valence-corrected chi connectivity index (χ4v) is 2.86. The van der Waals surface area contributed by atoms with Crippen molar-refractivity contribution in [2.24, 2.45) is 0 Å². The van der Waals surface area contributed by atoms with Crippen LogP contribution >= 0.6 is 23.2 Å². The molecule has 0 aliphatic carbocycles. The molecule has 0 radical (unpaired) electrons. The smallest absolute Gasteiger partial charge is 0.407 e. The van der Waals surface area contributed by atoms with E-state index in [4.69, 9.17) is 27.9 Å². The number of carbonyl (C=O) groups is 1. The van der Waals surface area contributed by atoms with E-state index >= 15 is 0 Å². The van der Waals surface area contributed by atoms with Crippen molar-refractivity contribution >= 4 is 29.3 Å². The second-order valence-corrected chi connectivity index (χ2v) is 6.56. The van der Waals surface area contributed by atoms with Crippen LogP contribution in [-0.2, 0) is 4.74 Å². The van der Waals surface area contributed by atoms with Crippen molar-refractivity contribution in [3.05, 3.63) is 99.8 Å². The lowest BCUT2D eigenvalue weighted by Crippen LogP contribution is -2.12. The van der Waals surface area contributed by atoms with Crippen molar-refractivity contribution in [3.8, 4) is 24.7 Å². The maximum absolute atomic E-state index is 10.8. The number of benzene rings is 2. The number of hydrogen-bond donors (Lipinski definition) is 1. The number of carbonyl (C=O) groups excluding carboxylic acids is 1. The van der Waals surface area contributed by atoms with Crippen molar-refractivity contribution in [2.75, 3.05) is 6.54 Å². The zero-order valence-electron chi connectivity index (χ0n) is 15.9. The van der Waals surface area contributed by atoms with E-state index < -0.39 is 6.09 Å². The summed E-state index contributed by atoms with van der Waals surface area (Å²) in [4.78, 5) is 14.8. The van der Waals surface area contributed by atoms with Crippen molar-refractivity contribution < 1.29 is 9.53 Å². The molecule has 30 heavy (non-hydrogen) atoms. The molecule has 0 unspecified atom stereocenters. The van der Waals surface area contributed by atoms with Crippen molar-refractivity contribution in [1.82, 2.24) is 10.3 Å². The normalized spacial score (nSPS) is 13.7. The van der Waals surface area contributed by atoms with E-state index in [-0.39, 0.29) is 6.10 Å². The number of ether oxygens (including phenoxy) is 1. The quantitative estimate of drug-likeness (QED) is 0.511. The summed E-state index contributed by atoms with van der Waals surface area (Å²) >= 11 is 11.8. The minimum Gasteiger partial charge on any atom is -0.439 e. The Balaban J connectivity index is 0.000000197. The summed E-state index contributed by atoms with van der Waals surface area (Å²) in [5.41, 5.74) is 2.70. The maximum atomic E-state index is 10.8. The number of hydrogen-bond acceptors (Lipinski definition) is 3. The van der Waals surface area contributed by atoms with E-state index in [1.54, 1.807) is 30.6 Å². The summed E-state index contributed by atoms with van der Waals surface area (Å²) in [6.45, 7) is 0.429. The van der Waals surface area contributed by atoms with Gasteiger partial charge in [-0.1, -0.05) is 65.4 Å². The summed E-state index contributed by atoms with van der Waals surface area (Å²) in [7, 11) is 0. The molecular formula is C24H18Cl2N2O2. The Morgan fingerprint density at radius 3 is 2.30 bits per heavy atom. The van der Waals surface area contributed by atoms with Crippen LogP contribution in [0.15, 0.2) is 73.1 Å². The topological polar surface area (TPSA) is 51.2 Å². The Morgan fingerprint density at radius 2 is 1.67 bits per heavy atom. The second kappa shape index (κ2) is 12.2. The van der Waals surface area contributed by atoms with Crippen LogP contribution in [0.1, 0.15) is 22.8 Å². The third-order valence-corrected chi connectivity index (χ3v) is 4.63. The standard InChI is InChI=1S/C13H9N.C9H7Cl2NO2.C2H2/c1-2-5-12(6-3-1)8-9-13-7-4-10-14-11-13;10-6-3-1-2-5(8(6)11)7-4-12-9(13)14-7;1-2/h1-7,10-11H;1-3,7H,4H2,(H,12,13);1-2H/t;7-;/m.1./s1. The number of cyclic esters (lactones) is 1. The largest absolute Gasteiger partial charge is 0.439 e. The first-order chi connectivity index (χ1) is 14.6. The van der Waals surface area contributed by atoms with Gasteiger partial charge in [0.25, 0.3) is 0 Å². The van der Waals surface area contributed by atoms with Crippen molar-refractivity contribution in [1.29, 1.82) is 0 Å². The average molecular weight is 437 g/mol. The van der Waals surface area contributed by atoms with Gasteiger partial charge in [-0.25, -0.2) is 4.79 Å². The van der Waals surface area contributed by atoms with Crippen LogP contribution in [-0.4, -0.2) is 17.6 Å². The Morgan fingerprint density at radius 1 is 0.967 bits per heavy atom. The van der Waals surface area contributed by atoms with Crippen LogP contribution in [0.2, 0.25) is 10.0 Å². The first-order valence-corrected chi connectivity index (χ1v) is 9.58. The molecular weight excluding hydrogens is 419 g/mol. The number of halogens is 2. The van der Waals surface area contributed by atoms with Gasteiger partial charge in [0, 0.05) is 29.1 Å². The van der Waals surface area contributed by atoms with E-state index in [1.807, 2.05) is 42.5 Å². The number of alkyl carbamates (subject to hydrolysis) is 1. The first-order valence-electron chi connectivity index (χ1n) is 8.82. The van der Waals surface area contributed by atoms with Gasteiger partial charge in [-0.3, -0.25) is 4.98 Å². The minimum atomic E-state index is -0.425. The first kappa shape index (κ1) is 22.8. The van der Waals surface area contributed by atoms with Crippen molar-refractivity contribution in [2.45, 2.75) is 6.10 Å². The highest BCUT2D eigenvalue weighted by molar-refractivity contribution is 6.42. The molecule has 1 fully saturated rings. The second-order valence-electron chi connectivity index (χ2n) is 5.78. The Hall–Kier alpha value is -3.44. The molecule has 3 aromatic rings. The molecule has 0 bridgehead atoms. The number of nitrogens with one attached hydrogen (secondary N) is 1. The number of nitrogens with zero attached hydrogens (tertiary/aromatic N) is 1. The lowest BCUT2D eigenvalue weighted by atomic mass is 10.1. The molecule has 0 spiro atoms. The van der Waals surface area contributed by atoms with E-state index in [0.29, 0.717) is 16.6 Å². The Bertz CT molecular complexity index is 999. The molecule has 4 nitrogen and oxygen atoms in total.